The first-order chi connectivity index (χ1) is 8.72. The van der Waals surface area contributed by atoms with Gasteiger partial charge in [-0.25, -0.2) is 4.79 Å². The summed E-state index contributed by atoms with van der Waals surface area (Å²) in [6.07, 6.45) is 3.30. The number of carbonyl (C=O) groups is 2. The number of rotatable bonds is 3. The van der Waals surface area contributed by atoms with E-state index in [1.165, 1.54) is 16.7 Å². The first-order valence-corrected chi connectivity index (χ1v) is 5.65. The van der Waals surface area contributed by atoms with Crippen LogP contribution in [0.4, 0.5) is 0 Å². The van der Waals surface area contributed by atoms with Crippen LogP contribution in [0.2, 0.25) is 0 Å². The highest BCUT2D eigenvalue weighted by atomic mass is 16.5. The Labute approximate surface area is 104 Å². The molecule has 0 spiro atoms. The van der Waals surface area contributed by atoms with Crippen molar-refractivity contribution in [3.63, 3.8) is 0 Å². The molecule has 1 saturated heterocycles. The van der Waals surface area contributed by atoms with Crippen molar-refractivity contribution in [1.82, 2.24) is 14.7 Å². The molecule has 1 amide bonds. The number of aromatic nitrogens is 2. The van der Waals surface area contributed by atoms with Crippen LogP contribution >= 0.6 is 0 Å². The SMILES string of the molecule is COC(=O)C1COCCN1C(=O)Cn1cccn1. The molecule has 2 rings (SSSR count). The Kier molecular flexibility index (Phi) is 3.93. The number of morpholine rings is 1. The van der Waals surface area contributed by atoms with Gasteiger partial charge in [0.2, 0.25) is 5.91 Å². The molecule has 1 atom stereocenters. The number of nitrogens with zero attached hydrogens (tertiary/aromatic N) is 3. The summed E-state index contributed by atoms with van der Waals surface area (Å²) < 4.78 is 11.4. The van der Waals surface area contributed by atoms with Crippen LogP contribution in [0.5, 0.6) is 0 Å². The number of hydrogen-bond donors (Lipinski definition) is 0. The van der Waals surface area contributed by atoms with E-state index in [0.717, 1.165) is 0 Å². The molecule has 0 bridgehead atoms. The van der Waals surface area contributed by atoms with Gasteiger partial charge in [-0.15, -0.1) is 0 Å². The standard InChI is InChI=1S/C11H15N3O4/c1-17-11(16)9-8-18-6-5-14(9)10(15)7-13-4-2-3-12-13/h2-4,9H,5-8H2,1H3. The van der Waals surface area contributed by atoms with Gasteiger partial charge >= 0.3 is 5.97 Å². The van der Waals surface area contributed by atoms with Crippen LogP contribution in [0.3, 0.4) is 0 Å². The Bertz CT molecular complexity index is 418. The summed E-state index contributed by atoms with van der Waals surface area (Å²) in [5, 5.41) is 3.96. The Balaban J connectivity index is 2.04. The van der Waals surface area contributed by atoms with Gasteiger partial charge in [0.25, 0.3) is 0 Å². The molecule has 1 aromatic rings. The van der Waals surface area contributed by atoms with Gasteiger partial charge < -0.3 is 14.4 Å². The van der Waals surface area contributed by atoms with E-state index >= 15 is 0 Å². The zero-order chi connectivity index (χ0) is 13.0. The van der Waals surface area contributed by atoms with Gasteiger partial charge in [-0.05, 0) is 6.07 Å². The molecule has 0 aliphatic carbocycles. The second kappa shape index (κ2) is 5.63. The van der Waals surface area contributed by atoms with Crippen molar-refractivity contribution in [3.8, 4) is 0 Å². The fourth-order valence-corrected chi connectivity index (χ4v) is 1.86. The van der Waals surface area contributed by atoms with Crippen molar-refractivity contribution < 1.29 is 19.1 Å². The molecule has 0 N–H and O–H groups in total. The van der Waals surface area contributed by atoms with Crippen molar-refractivity contribution in [2.24, 2.45) is 0 Å². The summed E-state index contributed by atoms with van der Waals surface area (Å²) in [5.41, 5.74) is 0. The first-order valence-electron chi connectivity index (χ1n) is 5.65. The van der Waals surface area contributed by atoms with Crippen LogP contribution in [-0.4, -0.2) is 59.5 Å². The lowest BCUT2D eigenvalue weighted by Crippen LogP contribution is -2.53. The highest BCUT2D eigenvalue weighted by Crippen LogP contribution is 2.09. The van der Waals surface area contributed by atoms with Crippen molar-refractivity contribution in [2.75, 3.05) is 26.9 Å². The lowest BCUT2D eigenvalue weighted by Gasteiger charge is -2.33. The summed E-state index contributed by atoms with van der Waals surface area (Å²) in [5.74, 6) is -0.624. The van der Waals surface area contributed by atoms with Gasteiger partial charge in [-0.3, -0.25) is 9.48 Å². The van der Waals surface area contributed by atoms with Crippen LogP contribution in [0.15, 0.2) is 18.5 Å². The summed E-state index contributed by atoms with van der Waals surface area (Å²) in [6, 6.07) is 1.08. The minimum atomic E-state index is -0.660. The third-order valence-corrected chi connectivity index (χ3v) is 2.78. The van der Waals surface area contributed by atoms with Gasteiger partial charge in [0.1, 0.15) is 6.54 Å². The number of esters is 1. The minimum absolute atomic E-state index is 0.112. The molecule has 1 aliphatic rings. The second-order valence-corrected chi connectivity index (χ2v) is 3.90. The molecule has 98 valence electrons. The van der Waals surface area contributed by atoms with E-state index in [1.807, 2.05) is 0 Å². The predicted octanol–water partition coefficient (Wildman–Crippen LogP) is -0.716. The maximum atomic E-state index is 12.1. The number of amides is 1. The largest absolute Gasteiger partial charge is 0.467 e. The number of hydrogen-bond acceptors (Lipinski definition) is 5. The Morgan fingerprint density at radius 1 is 1.56 bits per heavy atom. The van der Waals surface area contributed by atoms with E-state index in [1.54, 1.807) is 18.5 Å². The van der Waals surface area contributed by atoms with Crippen LogP contribution in [0.1, 0.15) is 0 Å². The van der Waals surface area contributed by atoms with E-state index in [-0.39, 0.29) is 19.1 Å². The summed E-state index contributed by atoms with van der Waals surface area (Å²) in [4.78, 5) is 25.1. The molecule has 1 fully saturated rings. The maximum Gasteiger partial charge on any atom is 0.331 e. The number of ether oxygens (including phenoxy) is 2. The third kappa shape index (κ3) is 2.67. The molecular weight excluding hydrogens is 238 g/mol. The molecule has 2 heterocycles. The molecule has 0 saturated carbocycles. The number of methoxy groups -OCH3 is 1. The van der Waals surface area contributed by atoms with Gasteiger partial charge in [0, 0.05) is 18.9 Å². The molecule has 0 radical (unpaired) electrons. The maximum absolute atomic E-state index is 12.1. The molecule has 1 aromatic heterocycles. The van der Waals surface area contributed by atoms with Crippen LogP contribution in [0, 0.1) is 0 Å². The van der Waals surface area contributed by atoms with E-state index in [4.69, 9.17) is 4.74 Å². The fourth-order valence-electron chi connectivity index (χ4n) is 1.86. The Morgan fingerprint density at radius 3 is 3.06 bits per heavy atom. The third-order valence-electron chi connectivity index (χ3n) is 2.78. The molecular formula is C11H15N3O4. The van der Waals surface area contributed by atoms with E-state index in [0.29, 0.717) is 13.2 Å². The van der Waals surface area contributed by atoms with Gasteiger partial charge in [0.05, 0.1) is 20.3 Å². The molecule has 7 heteroatoms. The minimum Gasteiger partial charge on any atom is -0.467 e. The molecule has 18 heavy (non-hydrogen) atoms. The summed E-state index contributed by atoms with van der Waals surface area (Å²) in [7, 11) is 1.30. The summed E-state index contributed by atoms with van der Waals surface area (Å²) >= 11 is 0. The zero-order valence-corrected chi connectivity index (χ0v) is 10.1. The average molecular weight is 253 g/mol. The van der Waals surface area contributed by atoms with Crippen LogP contribution in [0.25, 0.3) is 0 Å². The second-order valence-electron chi connectivity index (χ2n) is 3.90. The van der Waals surface area contributed by atoms with E-state index < -0.39 is 12.0 Å². The smallest absolute Gasteiger partial charge is 0.331 e. The zero-order valence-electron chi connectivity index (χ0n) is 10.1. The fraction of sp³-hybridized carbons (Fsp3) is 0.545. The van der Waals surface area contributed by atoms with Crippen molar-refractivity contribution in [1.29, 1.82) is 0 Å². The monoisotopic (exact) mass is 253 g/mol. The topological polar surface area (TPSA) is 73.7 Å². The predicted molar refractivity (Wildman–Crippen MR) is 60.6 cm³/mol. The highest BCUT2D eigenvalue weighted by molar-refractivity contribution is 5.84. The summed E-state index contributed by atoms with van der Waals surface area (Å²) in [6.45, 7) is 1.11. The molecule has 7 nitrogen and oxygen atoms in total. The van der Waals surface area contributed by atoms with Gasteiger partial charge in [-0.1, -0.05) is 0 Å². The normalized spacial score (nSPS) is 19.6. The molecule has 1 unspecified atom stereocenters. The van der Waals surface area contributed by atoms with Crippen LogP contribution < -0.4 is 0 Å². The molecule has 1 aliphatic heterocycles. The van der Waals surface area contributed by atoms with E-state index in [2.05, 4.69) is 9.84 Å². The van der Waals surface area contributed by atoms with E-state index in [9.17, 15) is 9.59 Å². The number of carbonyl (C=O) groups excluding carboxylic acids is 2. The van der Waals surface area contributed by atoms with Gasteiger partial charge in [0.15, 0.2) is 6.04 Å². The Hall–Kier alpha value is -1.89. The molecule has 0 aromatic carbocycles. The quantitative estimate of drug-likeness (QED) is 0.665. The van der Waals surface area contributed by atoms with Gasteiger partial charge in [-0.2, -0.15) is 5.10 Å². The van der Waals surface area contributed by atoms with Crippen molar-refractivity contribution in [3.05, 3.63) is 18.5 Å². The van der Waals surface area contributed by atoms with Crippen molar-refractivity contribution >= 4 is 11.9 Å². The van der Waals surface area contributed by atoms with Crippen molar-refractivity contribution in [2.45, 2.75) is 12.6 Å². The highest BCUT2D eigenvalue weighted by Gasteiger charge is 2.33. The lowest BCUT2D eigenvalue weighted by atomic mass is 10.2. The van der Waals surface area contributed by atoms with Crippen LogP contribution in [-0.2, 0) is 25.6 Å². The Morgan fingerprint density at radius 2 is 2.39 bits per heavy atom. The first kappa shape index (κ1) is 12.6. The lowest BCUT2D eigenvalue weighted by molar-refractivity contribution is -0.161. The average Bonchev–Trinajstić information content (AvgIpc) is 2.90.